The summed E-state index contributed by atoms with van der Waals surface area (Å²) in [6.45, 7) is 5.92. The van der Waals surface area contributed by atoms with Crippen molar-refractivity contribution in [2.24, 2.45) is 12.0 Å². The summed E-state index contributed by atoms with van der Waals surface area (Å²) in [6, 6.07) is 9.67. The second-order valence-corrected chi connectivity index (χ2v) is 5.88. The van der Waals surface area contributed by atoms with E-state index in [1.807, 2.05) is 46.0 Å². The Morgan fingerprint density at radius 3 is 2.58 bits per heavy atom. The first-order valence-corrected chi connectivity index (χ1v) is 7.57. The average Bonchev–Trinajstić information content (AvgIpc) is 3.05. The Morgan fingerprint density at radius 1 is 1.21 bits per heavy atom. The van der Waals surface area contributed by atoms with E-state index < -0.39 is 5.97 Å². The molecule has 0 unspecified atom stereocenters. The predicted octanol–water partition coefficient (Wildman–Crippen LogP) is 3.17. The Hall–Kier alpha value is -3.13. The lowest BCUT2D eigenvalue weighted by Gasteiger charge is -2.03. The molecule has 1 aromatic carbocycles. The Bertz CT molecular complexity index is 956. The van der Waals surface area contributed by atoms with Crippen molar-refractivity contribution in [1.82, 2.24) is 4.57 Å². The highest BCUT2D eigenvalue weighted by molar-refractivity contribution is 6.13. The summed E-state index contributed by atoms with van der Waals surface area (Å²) in [5.74, 6) is -0.173. The van der Waals surface area contributed by atoms with Crippen molar-refractivity contribution in [2.75, 3.05) is 0 Å². The monoisotopic (exact) mass is 319 g/mol. The number of aliphatic imine (C=N–C) groups is 1. The zero-order valence-electron chi connectivity index (χ0n) is 14.0. The second-order valence-electron chi connectivity index (χ2n) is 5.88. The highest BCUT2D eigenvalue weighted by Gasteiger charge is 2.25. The van der Waals surface area contributed by atoms with Crippen LogP contribution in [0.1, 0.15) is 33.6 Å². The van der Waals surface area contributed by atoms with Crippen LogP contribution in [-0.4, -0.2) is 16.4 Å². The fourth-order valence-corrected chi connectivity index (χ4v) is 2.53. The van der Waals surface area contributed by atoms with Crippen LogP contribution in [0.4, 0.5) is 0 Å². The smallest absolute Gasteiger partial charge is 0.363 e. The van der Waals surface area contributed by atoms with Gasteiger partial charge in [-0.3, -0.25) is 0 Å². The molecule has 120 valence electrons. The highest BCUT2D eigenvalue weighted by atomic mass is 16.6. The summed E-state index contributed by atoms with van der Waals surface area (Å²) in [6.07, 6.45) is 1.66. The van der Waals surface area contributed by atoms with Crippen LogP contribution in [0, 0.1) is 32.1 Å². The van der Waals surface area contributed by atoms with E-state index in [-0.39, 0.29) is 5.70 Å². The molecule has 2 heterocycles. The van der Waals surface area contributed by atoms with Crippen molar-refractivity contribution in [1.29, 1.82) is 5.26 Å². The second kappa shape index (κ2) is 5.82. The van der Waals surface area contributed by atoms with Gasteiger partial charge in [0.25, 0.3) is 0 Å². The minimum Gasteiger partial charge on any atom is -0.402 e. The Balaban J connectivity index is 2.00. The molecule has 3 rings (SSSR count). The molecule has 5 nitrogen and oxygen atoms in total. The molecule has 0 saturated carbocycles. The summed E-state index contributed by atoms with van der Waals surface area (Å²) < 4.78 is 7.08. The molecule has 0 radical (unpaired) electrons. The van der Waals surface area contributed by atoms with Crippen LogP contribution in [0.3, 0.4) is 0 Å². The summed E-state index contributed by atoms with van der Waals surface area (Å²) in [4.78, 5) is 16.4. The van der Waals surface area contributed by atoms with Crippen LogP contribution in [0.15, 0.2) is 35.0 Å². The number of cyclic esters (lactones) is 1. The third kappa shape index (κ3) is 2.63. The van der Waals surface area contributed by atoms with Crippen LogP contribution in [-0.2, 0) is 16.6 Å². The van der Waals surface area contributed by atoms with E-state index >= 15 is 0 Å². The lowest BCUT2D eigenvalue weighted by Crippen LogP contribution is -2.05. The first kappa shape index (κ1) is 15.8. The lowest BCUT2D eigenvalue weighted by molar-refractivity contribution is -0.129. The fraction of sp³-hybridized carbons (Fsp3) is 0.211. The van der Waals surface area contributed by atoms with E-state index in [1.54, 1.807) is 16.7 Å². The third-order valence-electron chi connectivity index (χ3n) is 4.36. The number of rotatable bonds is 2. The van der Waals surface area contributed by atoms with Gasteiger partial charge in [-0.25, -0.2) is 9.79 Å². The van der Waals surface area contributed by atoms with Crippen molar-refractivity contribution in [3.8, 4) is 6.07 Å². The fourth-order valence-electron chi connectivity index (χ4n) is 2.53. The van der Waals surface area contributed by atoms with Gasteiger partial charge in [-0.05, 0) is 61.7 Å². The molecule has 1 aliphatic heterocycles. The first-order valence-electron chi connectivity index (χ1n) is 7.57. The summed E-state index contributed by atoms with van der Waals surface area (Å²) in [5.41, 5.74) is 5.50. The molecule has 0 spiro atoms. The molecule has 1 aliphatic rings. The maximum Gasteiger partial charge on any atom is 0.363 e. The van der Waals surface area contributed by atoms with E-state index in [4.69, 9.17) is 10.00 Å². The van der Waals surface area contributed by atoms with Crippen molar-refractivity contribution in [3.05, 3.63) is 63.6 Å². The van der Waals surface area contributed by atoms with E-state index in [9.17, 15) is 4.79 Å². The number of aromatic nitrogens is 1. The Kier molecular flexibility index (Phi) is 3.82. The molecule has 0 atom stereocenters. The largest absolute Gasteiger partial charge is 0.402 e. The molecule has 5 heteroatoms. The Morgan fingerprint density at radius 2 is 1.96 bits per heavy atom. The zero-order valence-corrected chi connectivity index (χ0v) is 14.0. The Labute approximate surface area is 140 Å². The number of esters is 1. The summed E-state index contributed by atoms with van der Waals surface area (Å²) in [5, 5.41) is 9.10. The zero-order chi connectivity index (χ0) is 17.4. The van der Waals surface area contributed by atoms with Gasteiger partial charge in [0.2, 0.25) is 5.90 Å². The maximum absolute atomic E-state index is 12.1. The minimum atomic E-state index is -0.481. The maximum atomic E-state index is 12.1. The van der Waals surface area contributed by atoms with Crippen LogP contribution < -0.4 is 0 Å². The number of nitrogens with zero attached hydrogens (tertiary/aromatic N) is 3. The highest BCUT2D eigenvalue weighted by Crippen LogP contribution is 2.23. The summed E-state index contributed by atoms with van der Waals surface area (Å²) in [7, 11) is 1.81. The van der Waals surface area contributed by atoms with Gasteiger partial charge in [-0.1, -0.05) is 6.07 Å². The lowest BCUT2D eigenvalue weighted by atomic mass is 10.1. The van der Waals surface area contributed by atoms with Gasteiger partial charge in [0, 0.05) is 18.3 Å². The van der Waals surface area contributed by atoms with Crippen LogP contribution in [0.25, 0.3) is 6.08 Å². The average molecular weight is 319 g/mol. The van der Waals surface area contributed by atoms with Crippen LogP contribution >= 0.6 is 0 Å². The molecule has 0 bridgehead atoms. The van der Waals surface area contributed by atoms with E-state index in [2.05, 4.69) is 11.1 Å². The van der Waals surface area contributed by atoms with Gasteiger partial charge in [-0.15, -0.1) is 0 Å². The van der Waals surface area contributed by atoms with Crippen LogP contribution in [0.5, 0.6) is 0 Å². The standard InChI is InChI=1S/C19H17N3O2/c1-11-5-6-14(7-12(11)2)18-21-17(19(23)24-18)9-15-8-16(10-20)22(4)13(15)3/h5-9H,1-4H3/b17-9+. The molecular weight excluding hydrogens is 302 g/mol. The van der Waals surface area contributed by atoms with E-state index in [0.717, 1.165) is 22.4 Å². The van der Waals surface area contributed by atoms with Crippen LogP contribution in [0.2, 0.25) is 0 Å². The predicted molar refractivity (Wildman–Crippen MR) is 91.4 cm³/mol. The van der Waals surface area contributed by atoms with E-state index in [1.165, 1.54) is 5.56 Å². The molecule has 24 heavy (non-hydrogen) atoms. The molecular formula is C19H17N3O2. The van der Waals surface area contributed by atoms with Crippen molar-refractivity contribution < 1.29 is 9.53 Å². The number of benzene rings is 1. The molecule has 1 aromatic heterocycles. The van der Waals surface area contributed by atoms with Gasteiger partial charge in [-0.2, -0.15) is 5.26 Å². The summed E-state index contributed by atoms with van der Waals surface area (Å²) >= 11 is 0. The van der Waals surface area contributed by atoms with E-state index in [0.29, 0.717) is 11.6 Å². The third-order valence-corrected chi connectivity index (χ3v) is 4.36. The number of aryl methyl sites for hydroxylation is 2. The molecule has 2 aromatic rings. The molecule has 0 amide bonds. The number of hydrogen-bond acceptors (Lipinski definition) is 4. The number of carbonyl (C=O) groups excluding carboxylic acids is 1. The number of nitriles is 1. The van der Waals surface area contributed by atoms with Crippen molar-refractivity contribution in [3.63, 3.8) is 0 Å². The normalized spacial score (nSPS) is 15.4. The van der Waals surface area contributed by atoms with Crippen molar-refractivity contribution >= 4 is 17.9 Å². The number of hydrogen-bond donors (Lipinski definition) is 0. The molecule has 0 N–H and O–H groups in total. The minimum absolute atomic E-state index is 0.237. The van der Waals surface area contributed by atoms with Gasteiger partial charge >= 0.3 is 5.97 Å². The quantitative estimate of drug-likeness (QED) is 0.631. The number of carbonyl (C=O) groups is 1. The first-order chi connectivity index (χ1) is 11.4. The van der Waals surface area contributed by atoms with Gasteiger partial charge < -0.3 is 9.30 Å². The molecule has 0 saturated heterocycles. The van der Waals surface area contributed by atoms with Gasteiger partial charge in [0.1, 0.15) is 11.8 Å². The molecule has 0 aliphatic carbocycles. The van der Waals surface area contributed by atoms with Crippen molar-refractivity contribution in [2.45, 2.75) is 20.8 Å². The van der Waals surface area contributed by atoms with Gasteiger partial charge in [0.05, 0.1) is 0 Å². The number of ether oxygens (including phenoxy) is 1. The SMILES string of the molecule is Cc1ccc(C2=N/C(=C/c3cc(C#N)n(C)c3C)C(=O)O2)cc1C. The molecule has 0 fully saturated rings. The van der Waals surface area contributed by atoms with Gasteiger partial charge in [0.15, 0.2) is 5.70 Å². The topological polar surface area (TPSA) is 67.4 Å².